The SMILES string of the molecule is C=C[C@@H](N)c1cc2ccccc2c2ccccc12.Cl. The van der Waals surface area contributed by atoms with Crippen molar-refractivity contribution in [2.45, 2.75) is 6.04 Å². The first-order valence-electron chi connectivity index (χ1n) is 6.10. The van der Waals surface area contributed by atoms with Crippen molar-refractivity contribution in [3.05, 3.63) is 72.8 Å². The van der Waals surface area contributed by atoms with Crippen molar-refractivity contribution in [1.29, 1.82) is 0 Å². The van der Waals surface area contributed by atoms with Crippen LogP contribution in [0, 0.1) is 0 Å². The van der Waals surface area contributed by atoms with E-state index < -0.39 is 0 Å². The van der Waals surface area contributed by atoms with Crippen LogP contribution in [-0.4, -0.2) is 0 Å². The standard InChI is InChI=1S/C17H15N.ClH/c1-2-17(18)16-11-12-7-3-4-8-13(12)14-9-5-6-10-15(14)16;/h2-11,17H,1,18H2;1H/t17-;/m1./s1. The third-order valence-corrected chi connectivity index (χ3v) is 3.41. The van der Waals surface area contributed by atoms with E-state index in [0.29, 0.717) is 0 Å². The fourth-order valence-corrected chi connectivity index (χ4v) is 2.49. The Morgan fingerprint density at radius 1 is 0.895 bits per heavy atom. The molecule has 0 radical (unpaired) electrons. The van der Waals surface area contributed by atoms with Gasteiger partial charge in [-0.15, -0.1) is 19.0 Å². The van der Waals surface area contributed by atoms with Gasteiger partial charge in [-0.1, -0.05) is 54.6 Å². The molecule has 2 N–H and O–H groups in total. The molecule has 0 spiro atoms. The lowest BCUT2D eigenvalue weighted by Crippen LogP contribution is -2.07. The van der Waals surface area contributed by atoms with E-state index in [2.05, 4.69) is 61.2 Å². The first kappa shape index (κ1) is 13.6. The maximum Gasteiger partial charge on any atom is 0.0484 e. The molecule has 0 fully saturated rings. The van der Waals surface area contributed by atoms with Gasteiger partial charge in [0.15, 0.2) is 0 Å². The second-order valence-corrected chi connectivity index (χ2v) is 4.49. The van der Waals surface area contributed by atoms with Crippen molar-refractivity contribution in [1.82, 2.24) is 0 Å². The van der Waals surface area contributed by atoms with Gasteiger partial charge in [0.2, 0.25) is 0 Å². The fourth-order valence-electron chi connectivity index (χ4n) is 2.49. The molecule has 1 nitrogen and oxygen atoms in total. The average Bonchev–Trinajstić information content (AvgIpc) is 2.45. The van der Waals surface area contributed by atoms with Crippen LogP contribution in [0.4, 0.5) is 0 Å². The van der Waals surface area contributed by atoms with Crippen LogP contribution in [0.15, 0.2) is 67.3 Å². The minimum atomic E-state index is -0.125. The lowest BCUT2D eigenvalue weighted by molar-refractivity contribution is 0.927. The highest BCUT2D eigenvalue weighted by atomic mass is 35.5. The molecule has 0 aliphatic rings. The third-order valence-electron chi connectivity index (χ3n) is 3.41. The molecule has 0 aromatic heterocycles. The quantitative estimate of drug-likeness (QED) is 0.534. The molecule has 1 atom stereocenters. The lowest BCUT2D eigenvalue weighted by atomic mass is 9.94. The van der Waals surface area contributed by atoms with Crippen LogP contribution in [0.25, 0.3) is 21.5 Å². The Bertz CT molecular complexity index is 733. The number of fused-ring (bicyclic) bond motifs is 3. The summed E-state index contributed by atoms with van der Waals surface area (Å²) in [6.07, 6.45) is 1.79. The van der Waals surface area contributed by atoms with E-state index in [1.165, 1.54) is 21.5 Å². The van der Waals surface area contributed by atoms with Gasteiger partial charge in [0.1, 0.15) is 0 Å². The van der Waals surface area contributed by atoms with Gasteiger partial charge in [-0.05, 0) is 33.2 Å². The molecule has 3 aromatic rings. The molecule has 0 amide bonds. The predicted octanol–water partition coefficient (Wildman–Crippen LogP) is 4.60. The van der Waals surface area contributed by atoms with E-state index in [0.717, 1.165) is 5.56 Å². The molecule has 0 saturated carbocycles. The minimum absolute atomic E-state index is 0. The summed E-state index contributed by atoms with van der Waals surface area (Å²) in [6, 6.07) is 18.8. The minimum Gasteiger partial charge on any atom is -0.321 e. The molecule has 2 heteroatoms. The van der Waals surface area contributed by atoms with Crippen molar-refractivity contribution in [2.75, 3.05) is 0 Å². The van der Waals surface area contributed by atoms with Crippen molar-refractivity contribution < 1.29 is 0 Å². The lowest BCUT2D eigenvalue weighted by Gasteiger charge is -2.13. The van der Waals surface area contributed by atoms with E-state index in [1.54, 1.807) is 6.08 Å². The van der Waals surface area contributed by atoms with E-state index in [-0.39, 0.29) is 18.4 Å². The molecule has 3 aromatic carbocycles. The van der Waals surface area contributed by atoms with Crippen molar-refractivity contribution in [3.8, 4) is 0 Å². The van der Waals surface area contributed by atoms with Gasteiger partial charge in [0.25, 0.3) is 0 Å². The Morgan fingerprint density at radius 2 is 1.47 bits per heavy atom. The smallest absolute Gasteiger partial charge is 0.0484 e. The van der Waals surface area contributed by atoms with Crippen molar-refractivity contribution in [3.63, 3.8) is 0 Å². The van der Waals surface area contributed by atoms with Gasteiger partial charge >= 0.3 is 0 Å². The van der Waals surface area contributed by atoms with Gasteiger partial charge in [-0.2, -0.15) is 0 Å². The van der Waals surface area contributed by atoms with Crippen LogP contribution < -0.4 is 5.73 Å². The molecule has 96 valence electrons. The second kappa shape index (κ2) is 5.43. The summed E-state index contributed by atoms with van der Waals surface area (Å²) in [5, 5.41) is 4.96. The molecular weight excluding hydrogens is 254 g/mol. The molecule has 3 rings (SSSR count). The van der Waals surface area contributed by atoms with Gasteiger partial charge < -0.3 is 5.73 Å². The monoisotopic (exact) mass is 269 g/mol. The average molecular weight is 270 g/mol. The molecule has 0 bridgehead atoms. The number of halogens is 1. The number of rotatable bonds is 2. The number of hydrogen-bond acceptors (Lipinski definition) is 1. The third kappa shape index (κ3) is 2.23. The highest BCUT2D eigenvalue weighted by Crippen LogP contribution is 2.31. The summed E-state index contributed by atoms with van der Waals surface area (Å²) in [6.45, 7) is 3.80. The van der Waals surface area contributed by atoms with Crippen LogP contribution in [0.3, 0.4) is 0 Å². The molecule has 0 unspecified atom stereocenters. The Kier molecular flexibility index (Phi) is 3.89. The summed E-state index contributed by atoms with van der Waals surface area (Å²) in [5.41, 5.74) is 7.27. The Labute approximate surface area is 119 Å². The first-order valence-corrected chi connectivity index (χ1v) is 6.10. The number of nitrogens with two attached hydrogens (primary N) is 1. The van der Waals surface area contributed by atoms with E-state index in [4.69, 9.17) is 5.73 Å². The second-order valence-electron chi connectivity index (χ2n) is 4.49. The van der Waals surface area contributed by atoms with Crippen molar-refractivity contribution in [2.24, 2.45) is 5.73 Å². The highest BCUT2D eigenvalue weighted by Gasteiger charge is 2.09. The molecule has 19 heavy (non-hydrogen) atoms. The summed E-state index contributed by atoms with van der Waals surface area (Å²) < 4.78 is 0. The van der Waals surface area contributed by atoms with Crippen molar-refractivity contribution >= 4 is 34.0 Å². The van der Waals surface area contributed by atoms with Crippen LogP contribution >= 0.6 is 12.4 Å². The zero-order valence-electron chi connectivity index (χ0n) is 10.5. The zero-order valence-corrected chi connectivity index (χ0v) is 11.4. The zero-order chi connectivity index (χ0) is 12.5. The summed E-state index contributed by atoms with van der Waals surface area (Å²) >= 11 is 0. The van der Waals surface area contributed by atoms with Crippen LogP contribution in [0.2, 0.25) is 0 Å². The first-order chi connectivity index (χ1) is 8.81. The Morgan fingerprint density at radius 3 is 2.16 bits per heavy atom. The van der Waals surface area contributed by atoms with Gasteiger partial charge in [-0.25, -0.2) is 0 Å². The van der Waals surface area contributed by atoms with Gasteiger partial charge in [0, 0.05) is 6.04 Å². The van der Waals surface area contributed by atoms with Crippen LogP contribution in [-0.2, 0) is 0 Å². The van der Waals surface area contributed by atoms with E-state index in [1.807, 2.05) is 0 Å². The molecule has 0 aliphatic carbocycles. The molecule has 0 aliphatic heterocycles. The van der Waals surface area contributed by atoms with Crippen LogP contribution in [0.5, 0.6) is 0 Å². The Balaban J connectivity index is 0.00000133. The maximum atomic E-state index is 6.13. The fraction of sp³-hybridized carbons (Fsp3) is 0.0588. The largest absolute Gasteiger partial charge is 0.321 e. The number of benzene rings is 3. The molecular formula is C17H16ClN. The predicted molar refractivity (Wildman–Crippen MR) is 85.8 cm³/mol. The highest BCUT2D eigenvalue weighted by molar-refractivity contribution is 6.09. The van der Waals surface area contributed by atoms with E-state index >= 15 is 0 Å². The summed E-state index contributed by atoms with van der Waals surface area (Å²) in [5.74, 6) is 0. The number of hydrogen-bond donors (Lipinski definition) is 1. The Hall–Kier alpha value is -1.83. The maximum absolute atomic E-state index is 6.13. The summed E-state index contributed by atoms with van der Waals surface area (Å²) in [4.78, 5) is 0. The topological polar surface area (TPSA) is 26.0 Å². The van der Waals surface area contributed by atoms with Crippen LogP contribution in [0.1, 0.15) is 11.6 Å². The van der Waals surface area contributed by atoms with Gasteiger partial charge in [-0.3, -0.25) is 0 Å². The van der Waals surface area contributed by atoms with Gasteiger partial charge in [0.05, 0.1) is 0 Å². The molecule has 0 heterocycles. The van der Waals surface area contributed by atoms with E-state index in [9.17, 15) is 0 Å². The normalized spacial score (nSPS) is 12.1. The summed E-state index contributed by atoms with van der Waals surface area (Å²) in [7, 11) is 0. The molecule has 0 saturated heterocycles.